The number of benzene rings is 1. The number of nitrogens with one attached hydrogen (secondary N) is 1. The molecule has 2 unspecified atom stereocenters. The van der Waals surface area contributed by atoms with Crippen molar-refractivity contribution in [3.63, 3.8) is 0 Å². The predicted molar refractivity (Wildman–Crippen MR) is 91.3 cm³/mol. The lowest BCUT2D eigenvalue weighted by Gasteiger charge is -2.25. The quantitative estimate of drug-likeness (QED) is 0.915. The highest BCUT2D eigenvalue weighted by atomic mass is 16.3. The van der Waals surface area contributed by atoms with Gasteiger partial charge in [-0.05, 0) is 62.1 Å². The highest BCUT2D eigenvalue weighted by Gasteiger charge is 2.42. The van der Waals surface area contributed by atoms with Crippen molar-refractivity contribution < 1.29 is 5.11 Å². The highest BCUT2D eigenvalue weighted by Crippen LogP contribution is 2.45. The summed E-state index contributed by atoms with van der Waals surface area (Å²) in [7, 11) is 2.12. The van der Waals surface area contributed by atoms with E-state index in [0.29, 0.717) is 24.4 Å². The Morgan fingerprint density at radius 3 is 2.61 bits per heavy atom. The van der Waals surface area contributed by atoms with Crippen molar-refractivity contribution in [2.75, 3.05) is 7.05 Å². The fourth-order valence-electron chi connectivity index (χ4n) is 4.62. The molecule has 1 heterocycles. The van der Waals surface area contributed by atoms with E-state index in [1.165, 1.54) is 0 Å². The summed E-state index contributed by atoms with van der Waals surface area (Å²) in [6.07, 6.45) is 4.16. The van der Waals surface area contributed by atoms with E-state index in [9.17, 15) is 9.90 Å². The number of aliphatic hydroxyl groups is 1. The molecule has 0 bridgehead atoms. The fraction of sp³-hybridized carbons (Fsp3) is 0.526. The minimum absolute atomic E-state index is 0.0177. The molecule has 4 nitrogen and oxygen atoms in total. The molecule has 4 heteroatoms. The summed E-state index contributed by atoms with van der Waals surface area (Å²) in [4.78, 5) is 17.6. The molecular weight excluding hydrogens is 288 g/mol. The lowest BCUT2D eigenvalue weighted by molar-refractivity contribution is 0.158. The third-order valence-electron chi connectivity index (χ3n) is 5.84. The zero-order chi connectivity index (χ0) is 16.0. The minimum atomic E-state index is -0.0837. The number of fused-ring (bicyclic) bond motifs is 2. The van der Waals surface area contributed by atoms with Gasteiger partial charge in [-0.15, -0.1) is 0 Å². The highest BCUT2D eigenvalue weighted by molar-refractivity contribution is 5.78. The first kappa shape index (κ1) is 14.9. The van der Waals surface area contributed by atoms with Crippen LogP contribution in [0.1, 0.15) is 31.2 Å². The first-order valence-corrected chi connectivity index (χ1v) is 8.59. The van der Waals surface area contributed by atoms with Gasteiger partial charge in [-0.3, -0.25) is 9.69 Å². The van der Waals surface area contributed by atoms with Gasteiger partial charge in [-0.2, -0.15) is 0 Å². The van der Waals surface area contributed by atoms with Crippen molar-refractivity contribution >= 4 is 10.9 Å². The molecule has 1 aromatic heterocycles. The maximum absolute atomic E-state index is 12.3. The Morgan fingerprint density at radius 2 is 1.87 bits per heavy atom. The van der Waals surface area contributed by atoms with Crippen molar-refractivity contribution in [3.05, 3.63) is 46.2 Å². The van der Waals surface area contributed by atoms with Crippen molar-refractivity contribution in [1.82, 2.24) is 9.88 Å². The summed E-state index contributed by atoms with van der Waals surface area (Å²) in [5, 5.41) is 10.9. The molecule has 4 atom stereocenters. The second-order valence-electron chi connectivity index (χ2n) is 7.40. The number of hydrogen-bond acceptors (Lipinski definition) is 3. The lowest BCUT2D eigenvalue weighted by atomic mass is 10.0. The average molecular weight is 312 g/mol. The zero-order valence-electron chi connectivity index (χ0n) is 13.5. The predicted octanol–water partition coefficient (Wildman–Crippen LogP) is 2.51. The Bertz CT molecular complexity index is 755. The van der Waals surface area contributed by atoms with Crippen LogP contribution < -0.4 is 5.56 Å². The number of hydrogen-bond donors (Lipinski definition) is 2. The van der Waals surface area contributed by atoms with Gasteiger partial charge in [-0.25, -0.2) is 0 Å². The topological polar surface area (TPSA) is 56.3 Å². The molecule has 2 aromatic rings. The molecule has 0 radical (unpaired) electrons. The van der Waals surface area contributed by atoms with Crippen LogP contribution >= 0.6 is 0 Å². The molecule has 2 fully saturated rings. The van der Waals surface area contributed by atoms with E-state index in [0.717, 1.165) is 42.1 Å². The number of nitrogens with zero attached hydrogens (tertiary/aromatic N) is 1. The molecule has 0 amide bonds. The molecule has 2 N–H and O–H groups in total. The van der Waals surface area contributed by atoms with Gasteiger partial charge < -0.3 is 10.1 Å². The summed E-state index contributed by atoms with van der Waals surface area (Å²) < 4.78 is 0. The number of aliphatic hydroxyl groups excluding tert-OH is 1. The minimum Gasteiger partial charge on any atom is -0.393 e. The van der Waals surface area contributed by atoms with Crippen LogP contribution in [0.4, 0.5) is 0 Å². The van der Waals surface area contributed by atoms with Crippen LogP contribution in [0, 0.1) is 11.8 Å². The van der Waals surface area contributed by atoms with Crippen LogP contribution in [0.5, 0.6) is 0 Å². The van der Waals surface area contributed by atoms with E-state index in [4.69, 9.17) is 0 Å². The van der Waals surface area contributed by atoms with Crippen LogP contribution in [0.2, 0.25) is 0 Å². The van der Waals surface area contributed by atoms with Crippen LogP contribution in [-0.2, 0) is 6.54 Å². The number of aromatic nitrogens is 1. The number of aromatic amines is 1. The molecule has 2 aliphatic carbocycles. The molecule has 2 aliphatic rings. The Morgan fingerprint density at radius 1 is 1.17 bits per heavy atom. The van der Waals surface area contributed by atoms with E-state index >= 15 is 0 Å². The molecule has 4 rings (SSSR count). The fourth-order valence-corrected chi connectivity index (χ4v) is 4.62. The zero-order valence-corrected chi connectivity index (χ0v) is 13.5. The van der Waals surface area contributed by atoms with Crippen LogP contribution in [0.3, 0.4) is 0 Å². The molecular formula is C19H24N2O2. The van der Waals surface area contributed by atoms with Gasteiger partial charge in [-0.1, -0.05) is 18.2 Å². The number of H-pyrrole nitrogens is 1. The summed E-state index contributed by atoms with van der Waals surface area (Å²) in [5.74, 6) is 1.35. The van der Waals surface area contributed by atoms with Crippen LogP contribution in [-0.4, -0.2) is 34.2 Å². The maximum Gasteiger partial charge on any atom is 0.252 e. The number of pyridine rings is 1. The Kier molecular flexibility index (Phi) is 3.74. The molecule has 122 valence electrons. The Balaban J connectivity index is 1.50. The maximum atomic E-state index is 12.3. The van der Waals surface area contributed by atoms with Crippen LogP contribution in [0.15, 0.2) is 35.1 Å². The van der Waals surface area contributed by atoms with E-state index in [2.05, 4.69) is 16.9 Å². The van der Waals surface area contributed by atoms with Gasteiger partial charge >= 0.3 is 0 Å². The smallest absolute Gasteiger partial charge is 0.252 e. The van der Waals surface area contributed by atoms with Crippen molar-refractivity contribution in [3.8, 4) is 0 Å². The van der Waals surface area contributed by atoms with Crippen LogP contribution in [0.25, 0.3) is 10.9 Å². The first-order valence-electron chi connectivity index (χ1n) is 8.59. The molecule has 2 saturated carbocycles. The molecule has 23 heavy (non-hydrogen) atoms. The van der Waals surface area contributed by atoms with E-state index in [1.54, 1.807) is 0 Å². The second kappa shape index (κ2) is 5.77. The van der Waals surface area contributed by atoms with E-state index in [-0.39, 0.29) is 11.7 Å². The van der Waals surface area contributed by atoms with E-state index < -0.39 is 0 Å². The molecule has 0 aliphatic heterocycles. The average Bonchev–Trinajstić information content (AvgIpc) is 3.05. The normalized spacial score (nSPS) is 30.2. The largest absolute Gasteiger partial charge is 0.393 e. The second-order valence-corrected chi connectivity index (χ2v) is 7.40. The first-order chi connectivity index (χ1) is 11.1. The standard InChI is InChI=1S/C19H24N2O2/c1-21(16-7-13-9-17(22)10-14(13)8-16)11-15-6-12-4-2-3-5-18(12)20-19(15)23/h2-6,13-14,16-17,22H,7-11H2,1H3,(H,20,23)/t13-,14+,16?,17?. The van der Waals surface area contributed by atoms with Crippen molar-refractivity contribution in [2.24, 2.45) is 11.8 Å². The van der Waals surface area contributed by atoms with Gasteiger partial charge in [0, 0.05) is 23.7 Å². The van der Waals surface area contributed by atoms with Gasteiger partial charge in [0.15, 0.2) is 0 Å². The lowest BCUT2D eigenvalue weighted by Crippen LogP contribution is -2.32. The summed E-state index contributed by atoms with van der Waals surface area (Å²) >= 11 is 0. The SMILES string of the molecule is CN(Cc1cc2ccccc2[nH]c1=O)C1C[C@H]2CC(O)C[C@H]2C1. The van der Waals surface area contributed by atoms with E-state index in [1.807, 2.05) is 30.3 Å². The van der Waals surface area contributed by atoms with Gasteiger partial charge in [0.1, 0.15) is 0 Å². The Hall–Kier alpha value is -1.65. The molecule has 0 spiro atoms. The van der Waals surface area contributed by atoms with Crippen molar-refractivity contribution in [2.45, 2.75) is 44.4 Å². The third kappa shape index (κ3) is 2.81. The third-order valence-corrected chi connectivity index (χ3v) is 5.84. The molecule has 0 saturated heterocycles. The number of rotatable bonds is 3. The monoisotopic (exact) mass is 312 g/mol. The summed E-state index contributed by atoms with van der Waals surface area (Å²) in [6.45, 7) is 0.687. The molecule has 1 aromatic carbocycles. The van der Waals surface area contributed by atoms with Gasteiger partial charge in [0.2, 0.25) is 0 Å². The summed E-state index contributed by atoms with van der Waals surface area (Å²) in [5.41, 5.74) is 1.75. The Labute approximate surface area is 136 Å². The number of para-hydroxylation sites is 1. The van der Waals surface area contributed by atoms with Crippen molar-refractivity contribution in [1.29, 1.82) is 0 Å². The van der Waals surface area contributed by atoms with Gasteiger partial charge in [0.25, 0.3) is 5.56 Å². The van der Waals surface area contributed by atoms with Gasteiger partial charge in [0.05, 0.1) is 6.10 Å². The summed E-state index contributed by atoms with van der Waals surface area (Å²) in [6, 6.07) is 10.5.